The van der Waals surface area contributed by atoms with Crippen LogP contribution in [0, 0.1) is 14.9 Å². The van der Waals surface area contributed by atoms with Crippen molar-refractivity contribution in [3.63, 3.8) is 0 Å². The molecule has 3 amide bonds. The SMILES string of the molecule is CCOc1cc(/C=C2/NC(=O)N(c3cccc(Cl)c3)C2=O)cc(I)c1OCc1ccccc1C#N. The largest absolute Gasteiger partial charge is 0.490 e. The molecule has 0 atom stereocenters. The predicted molar refractivity (Wildman–Crippen MR) is 141 cm³/mol. The first-order valence-corrected chi connectivity index (χ1v) is 12.1. The summed E-state index contributed by atoms with van der Waals surface area (Å²) in [5, 5.41) is 12.4. The third-order valence-electron chi connectivity index (χ3n) is 5.10. The summed E-state index contributed by atoms with van der Waals surface area (Å²) in [6, 6.07) is 18.9. The van der Waals surface area contributed by atoms with E-state index in [1.54, 1.807) is 48.5 Å². The first kappa shape index (κ1) is 24.6. The van der Waals surface area contributed by atoms with Crippen molar-refractivity contribution in [1.82, 2.24) is 5.32 Å². The van der Waals surface area contributed by atoms with Gasteiger partial charge in [0.25, 0.3) is 5.91 Å². The van der Waals surface area contributed by atoms with E-state index in [2.05, 4.69) is 34.0 Å². The van der Waals surface area contributed by atoms with Gasteiger partial charge < -0.3 is 14.8 Å². The first-order valence-electron chi connectivity index (χ1n) is 10.6. The minimum Gasteiger partial charge on any atom is -0.490 e. The Bertz CT molecular complexity index is 1380. The fraction of sp³-hybridized carbons (Fsp3) is 0.115. The van der Waals surface area contributed by atoms with Crippen molar-refractivity contribution in [2.75, 3.05) is 11.5 Å². The molecule has 1 saturated heterocycles. The number of amides is 3. The zero-order chi connectivity index (χ0) is 24.9. The normalized spacial score (nSPS) is 14.1. The Morgan fingerprint density at radius 1 is 1.11 bits per heavy atom. The maximum Gasteiger partial charge on any atom is 0.333 e. The van der Waals surface area contributed by atoms with Crippen LogP contribution in [0.5, 0.6) is 11.5 Å². The number of nitriles is 1. The van der Waals surface area contributed by atoms with Gasteiger partial charge in [0.15, 0.2) is 11.5 Å². The van der Waals surface area contributed by atoms with Gasteiger partial charge in [-0.1, -0.05) is 35.9 Å². The first-order chi connectivity index (χ1) is 16.9. The van der Waals surface area contributed by atoms with E-state index in [4.69, 9.17) is 21.1 Å². The molecule has 4 rings (SSSR count). The van der Waals surface area contributed by atoms with Gasteiger partial charge in [0.1, 0.15) is 12.3 Å². The molecule has 0 bridgehead atoms. The number of nitrogens with zero attached hydrogens (tertiary/aromatic N) is 2. The number of urea groups is 1. The molecule has 0 unspecified atom stereocenters. The molecule has 7 nitrogen and oxygen atoms in total. The van der Waals surface area contributed by atoms with Crippen LogP contribution < -0.4 is 19.7 Å². The van der Waals surface area contributed by atoms with Gasteiger partial charge in [-0.3, -0.25) is 4.79 Å². The van der Waals surface area contributed by atoms with Crippen LogP contribution in [0.25, 0.3) is 6.08 Å². The maximum absolute atomic E-state index is 13.0. The Morgan fingerprint density at radius 2 is 1.91 bits per heavy atom. The van der Waals surface area contributed by atoms with Gasteiger partial charge in [0, 0.05) is 10.6 Å². The van der Waals surface area contributed by atoms with E-state index < -0.39 is 11.9 Å². The summed E-state index contributed by atoms with van der Waals surface area (Å²) in [4.78, 5) is 26.5. The summed E-state index contributed by atoms with van der Waals surface area (Å²) >= 11 is 8.15. The molecule has 9 heteroatoms. The van der Waals surface area contributed by atoms with Crippen LogP contribution in [0.4, 0.5) is 10.5 Å². The molecule has 0 aromatic heterocycles. The topological polar surface area (TPSA) is 91.7 Å². The van der Waals surface area contributed by atoms with Crippen molar-refractivity contribution < 1.29 is 19.1 Å². The van der Waals surface area contributed by atoms with Crippen molar-refractivity contribution in [3.05, 3.63) is 91.6 Å². The maximum atomic E-state index is 13.0. The molecule has 1 heterocycles. The molecule has 1 aliphatic rings. The van der Waals surface area contributed by atoms with Crippen molar-refractivity contribution in [2.24, 2.45) is 0 Å². The van der Waals surface area contributed by atoms with E-state index in [1.807, 2.05) is 25.1 Å². The second-order valence-electron chi connectivity index (χ2n) is 7.43. The van der Waals surface area contributed by atoms with Crippen LogP contribution in [0.15, 0.2) is 66.4 Å². The lowest BCUT2D eigenvalue weighted by atomic mass is 10.1. The molecule has 1 aliphatic heterocycles. The fourth-order valence-electron chi connectivity index (χ4n) is 3.53. The summed E-state index contributed by atoms with van der Waals surface area (Å²) in [6.07, 6.45) is 1.59. The standard InChI is InChI=1S/C26H19ClIN3O4/c1-2-34-23-12-16(10-21(28)24(23)35-15-18-7-4-3-6-17(18)14-29)11-22-25(32)31(26(33)30-22)20-9-5-8-19(27)13-20/h3-13H,2,15H2,1H3,(H,30,33)/b22-11+. The number of rotatable bonds is 7. The van der Waals surface area contributed by atoms with Gasteiger partial charge in [-0.2, -0.15) is 5.26 Å². The highest BCUT2D eigenvalue weighted by Crippen LogP contribution is 2.36. The molecule has 0 aliphatic carbocycles. The van der Waals surface area contributed by atoms with E-state index >= 15 is 0 Å². The van der Waals surface area contributed by atoms with Gasteiger partial charge >= 0.3 is 6.03 Å². The van der Waals surface area contributed by atoms with E-state index in [0.717, 1.165) is 14.0 Å². The number of carbonyl (C=O) groups excluding carboxylic acids is 2. The number of benzene rings is 3. The number of anilines is 1. The summed E-state index contributed by atoms with van der Waals surface area (Å²) in [7, 11) is 0. The van der Waals surface area contributed by atoms with Crippen molar-refractivity contribution in [2.45, 2.75) is 13.5 Å². The van der Waals surface area contributed by atoms with Crippen LogP contribution in [0.2, 0.25) is 5.02 Å². The second kappa shape index (κ2) is 10.8. The highest BCUT2D eigenvalue weighted by Gasteiger charge is 2.35. The average Bonchev–Trinajstić information content (AvgIpc) is 3.11. The van der Waals surface area contributed by atoms with Gasteiger partial charge in [-0.05, 0) is 77.6 Å². The smallest absolute Gasteiger partial charge is 0.333 e. The molecule has 0 radical (unpaired) electrons. The predicted octanol–water partition coefficient (Wildman–Crippen LogP) is 5.89. The molecular weight excluding hydrogens is 581 g/mol. The highest BCUT2D eigenvalue weighted by molar-refractivity contribution is 14.1. The number of carbonyl (C=O) groups is 2. The Labute approximate surface area is 221 Å². The molecule has 0 saturated carbocycles. The monoisotopic (exact) mass is 599 g/mol. The number of hydrogen-bond acceptors (Lipinski definition) is 5. The molecule has 1 N–H and O–H groups in total. The number of ether oxygens (including phenoxy) is 2. The van der Waals surface area contributed by atoms with Gasteiger partial charge in [-0.25, -0.2) is 9.69 Å². The Morgan fingerprint density at radius 3 is 2.66 bits per heavy atom. The Balaban J connectivity index is 1.62. The van der Waals surface area contributed by atoms with Crippen LogP contribution >= 0.6 is 34.2 Å². The minimum atomic E-state index is -0.556. The molecule has 0 spiro atoms. The summed E-state index contributed by atoms with van der Waals surface area (Å²) in [5.74, 6) is 0.535. The van der Waals surface area contributed by atoms with Crippen molar-refractivity contribution in [1.29, 1.82) is 5.26 Å². The fourth-order valence-corrected chi connectivity index (χ4v) is 4.50. The van der Waals surface area contributed by atoms with Crippen molar-refractivity contribution >= 4 is 57.9 Å². The molecular formula is C26H19ClIN3O4. The van der Waals surface area contributed by atoms with Gasteiger partial charge in [0.2, 0.25) is 0 Å². The zero-order valence-electron chi connectivity index (χ0n) is 18.5. The Kier molecular flexibility index (Phi) is 7.58. The highest BCUT2D eigenvalue weighted by atomic mass is 127. The minimum absolute atomic E-state index is 0.129. The van der Waals surface area contributed by atoms with Gasteiger partial charge in [-0.15, -0.1) is 0 Å². The van der Waals surface area contributed by atoms with Crippen LogP contribution in [0.3, 0.4) is 0 Å². The average molecular weight is 600 g/mol. The van der Waals surface area contributed by atoms with E-state index in [-0.39, 0.29) is 12.3 Å². The summed E-state index contributed by atoms with van der Waals surface area (Å²) < 4.78 is 12.6. The number of halogens is 2. The number of hydrogen-bond donors (Lipinski definition) is 1. The molecule has 1 fully saturated rings. The molecule has 3 aromatic carbocycles. The molecule has 35 heavy (non-hydrogen) atoms. The van der Waals surface area contributed by atoms with Crippen LogP contribution in [0.1, 0.15) is 23.6 Å². The lowest BCUT2D eigenvalue weighted by molar-refractivity contribution is -0.113. The second-order valence-corrected chi connectivity index (χ2v) is 9.03. The third kappa shape index (κ3) is 5.42. The Hall–Kier alpha value is -3.55. The summed E-state index contributed by atoms with van der Waals surface area (Å²) in [6.45, 7) is 2.46. The third-order valence-corrected chi connectivity index (χ3v) is 6.13. The van der Waals surface area contributed by atoms with Crippen LogP contribution in [-0.4, -0.2) is 18.5 Å². The molecule has 176 valence electrons. The number of nitrogens with one attached hydrogen (secondary N) is 1. The van der Waals surface area contributed by atoms with Crippen molar-refractivity contribution in [3.8, 4) is 17.6 Å². The molecule has 3 aromatic rings. The van der Waals surface area contributed by atoms with E-state index in [0.29, 0.717) is 39.9 Å². The lowest BCUT2D eigenvalue weighted by Crippen LogP contribution is -2.30. The van der Waals surface area contributed by atoms with E-state index in [1.165, 1.54) is 0 Å². The number of imide groups is 1. The lowest BCUT2D eigenvalue weighted by Gasteiger charge is -2.15. The van der Waals surface area contributed by atoms with Crippen LogP contribution in [-0.2, 0) is 11.4 Å². The quantitative estimate of drug-likeness (QED) is 0.208. The van der Waals surface area contributed by atoms with E-state index in [9.17, 15) is 14.9 Å². The van der Waals surface area contributed by atoms with Gasteiger partial charge in [0.05, 0.1) is 27.5 Å². The summed E-state index contributed by atoms with van der Waals surface area (Å²) in [5.41, 5.74) is 2.47. The zero-order valence-corrected chi connectivity index (χ0v) is 21.5.